The molecule has 0 aliphatic heterocycles. The Hall–Kier alpha value is -3.25. The molecule has 0 aliphatic rings. The van der Waals surface area contributed by atoms with E-state index >= 15 is 0 Å². The number of rotatable bonds is 4. The molecule has 134 valence electrons. The van der Waals surface area contributed by atoms with Crippen LogP contribution in [0.1, 0.15) is 27.8 Å². The van der Waals surface area contributed by atoms with Crippen molar-refractivity contribution in [2.24, 2.45) is 7.05 Å². The van der Waals surface area contributed by atoms with Gasteiger partial charge in [-0.25, -0.2) is 4.98 Å². The summed E-state index contributed by atoms with van der Waals surface area (Å²) < 4.78 is 2.08. The van der Waals surface area contributed by atoms with E-state index in [-0.39, 0.29) is 11.7 Å². The van der Waals surface area contributed by atoms with Crippen molar-refractivity contribution in [1.29, 1.82) is 0 Å². The lowest BCUT2D eigenvalue weighted by atomic mass is 10.1. The van der Waals surface area contributed by atoms with Gasteiger partial charge in [0.25, 0.3) is 5.91 Å². The van der Waals surface area contributed by atoms with Crippen LogP contribution in [0.2, 0.25) is 0 Å². The Morgan fingerprint density at radius 3 is 2.67 bits per heavy atom. The first-order valence-corrected chi connectivity index (χ1v) is 9.33. The lowest BCUT2D eigenvalue weighted by Gasteiger charge is -2.04. The molecule has 0 saturated carbocycles. The zero-order chi connectivity index (χ0) is 19.0. The molecular weight excluding hydrogens is 358 g/mol. The molecule has 0 aliphatic carbocycles. The molecule has 0 spiro atoms. The molecule has 2 aromatic carbocycles. The van der Waals surface area contributed by atoms with Crippen molar-refractivity contribution in [1.82, 2.24) is 9.55 Å². The van der Waals surface area contributed by atoms with Crippen LogP contribution in [-0.2, 0) is 7.05 Å². The summed E-state index contributed by atoms with van der Waals surface area (Å²) in [6, 6.07) is 17.1. The van der Waals surface area contributed by atoms with Crippen LogP contribution in [0.4, 0.5) is 5.69 Å². The average Bonchev–Trinajstić information content (AvgIpc) is 3.27. The fourth-order valence-corrected chi connectivity index (χ4v) is 3.85. The van der Waals surface area contributed by atoms with Gasteiger partial charge < -0.3 is 9.88 Å². The number of amides is 1. The fraction of sp³-hybridized carbons (Fsp3) is 0.0952. The molecule has 0 unspecified atom stereocenters. The predicted octanol–water partition coefficient (Wildman–Crippen LogP) is 4.76. The van der Waals surface area contributed by atoms with Gasteiger partial charge in [-0.2, -0.15) is 0 Å². The van der Waals surface area contributed by atoms with Gasteiger partial charge in [0.05, 0.1) is 5.69 Å². The number of carbonyl (C=O) groups is 2. The summed E-state index contributed by atoms with van der Waals surface area (Å²) >= 11 is 1.43. The predicted molar refractivity (Wildman–Crippen MR) is 108 cm³/mol. The fourth-order valence-electron chi connectivity index (χ4n) is 3.00. The van der Waals surface area contributed by atoms with Gasteiger partial charge >= 0.3 is 0 Å². The van der Waals surface area contributed by atoms with Gasteiger partial charge in [-0.05, 0) is 31.2 Å². The third-order valence-corrected chi connectivity index (χ3v) is 5.30. The van der Waals surface area contributed by atoms with Gasteiger partial charge in [0.1, 0.15) is 10.7 Å². The molecule has 0 fully saturated rings. The molecule has 6 heteroatoms. The van der Waals surface area contributed by atoms with Crippen molar-refractivity contribution >= 4 is 39.6 Å². The van der Waals surface area contributed by atoms with Crippen LogP contribution in [0.25, 0.3) is 21.6 Å². The summed E-state index contributed by atoms with van der Waals surface area (Å²) in [5.74, 6) is -0.338. The largest absolute Gasteiger partial charge is 0.342 e. The first-order valence-electron chi connectivity index (χ1n) is 8.45. The van der Waals surface area contributed by atoms with Crippen LogP contribution in [0.15, 0.2) is 60.0 Å². The number of anilines is 1. The molecule has 0 saturated heterocycles. The van der Waals surface area contributed by atoms with E-state index in [1.807, 2.05) is 19.2 Å². The highest BCUT2D eigenvalue weighted by Crippen LogP contribution is 2.29. The molecule has 2 aromatic heterocycles. The summed E-state index contributed by atoms with van der Waals surface area (Å²) in [4.78, 5) is 28.5. The topological polar surface area (TPSA) is 64.0 Å². The van der Waals surface area contributed by atoms with E-state index in [0.717, 1.165) is 21.6 Å². The number of Topliss-reactive ketones (excluding diaryl/α,β-unsaturated/α-hetero) is 1. The maximum absolute atomic E-state index is 12.5. The minimum atomic E-state index is -0.294. The number of thiazole rings is 1. The summed E-state index contributed by atoms with van der Waals surface area (Å²) in [5.41, 5.74) is 3.58. The highest BCUT2D eigenvalue weighted by atomic mass is 32.1. The molecule has 2 heterocycles. The van der Waals surface area contributed by atoms with Gasteiger partial charge in [0, 0.05) is 34.6 Å². The molecule has 4 rings (SSSR count). The first kappa shape index (κ1) is 17.2. The molecule has 0 radical (unpaired) electrons. The molecule has 1 N–H and O–H groups in total. The van der Waals surface area contributed by atoms with Gasteiger partial charge in [-0.1, -0.05) is 30.3 Å². The minimum absolute atomic E-state index is 0.0437. The van der Waals surface area contributed by atoms with Crippen molar-refractivity contribution in [3.63, 3.8) is 0 Å². The van der Waals surface area contributed by atoms with Gasteiger partial charge in [-0.3, -0.25) is 9.59 Å². The molecule has 4 aromatic rings. The number of carbonyl (C=O) groups excluding carboxylic acids is 2. The molecule has 0 bridgehead atoms. The lowest BCUT2D eigenvalue weighted by molar-refractivity contribution is 0.100. The second-order valence-corrected chi connectivity index (χ2v) is 7.13. The number of aromatic nitrogens is 2. The Morgan fingerprint density at radius 1 is 1.07 bits per heavy atom. The number of benzene rings is 2. The molecule has 27 heavy (non-hydrogen) atoms. The highest BCUT2D eigenvalue weighted by Gasteiger charge is 2.15. The second-order valence-electron chi connectivity index (χ2n) is 6.28. The Bertz CT molecular complexity index is 1170. The van der Waals surface area contributed by atoms with E-state index in [4.69, 9.17) is 0 Å². The van der Waals surface area contributed by atoms with E-state index in [0.29, 0.717) is 16.9 Å². The number of fused-ring (bicyclic) bond motifs is 1. The van der Waals surface area contributed by atoms with Crippen molar-refractivity contribution in [3.05, 3.63) is 71.2 Å². The van der Waals surface area contributed by atoms with E-state index in [2.05, 4.69) is 33.1 Å². The van der Waals surface area contributed by atoms with Crippen molar-refractivity contribution in [2.45, 2.75) is 6.92 Å². The number of nitrogens with zero attached hydrogens (tertiary/aromatic N) is 2. The van der Waals surface area contributed by atoms with Crippen LogP contribution in [-0.4, -0.2) is 21.2 Å². The van der Waals surface area contributed by atoms with Gasteiger partial charge in [0.2, 0.25) is 0 Å². The Balaban J connectivity index is 1.60. The third kappa shape index (κ3) is 3.27. The number of para-hydroxylation sites is 1. The van der Waals surface area contributed by atoms with Crippen LogP contribution in [0, 0.1) is 0 Å². The van der Waals surface area contributed by atoms with E-state index in [1.165, 1.54) is 18.3 Å². The zero-order valence-corrected chi connectivity index (χ0v) is 15.7. The van der Waals surface area contributed by atoms with Gasteiger partial charge in [0.15, 0.2) is 5.78 Å². The number of nitrogens with one attached hydrogen (secondary N) is 1. The van der Waals surface area contributed by atoms with E-state index in [1.54, 1.807) is 29.6 Å². The third-order valence-electron chi connectivity index (χ3n) is 4.43. The highest BCUT2D eigenvalue weighted by molar-refractivity contribution is 7.13. The number of hydrogen-bond donors (Lipinski definition) is 1. The van der Waals surface area contributed by atoms with Crippen LogP contribution in [0.5, 0.6) is 0 Å². The maximum atomic E-state index is 12.5. The molecule has 5 nitrogen and oxygen atoms in total. The Kier molecular flexibility index (Phi) is 4.33. The Labute approximate surface area is 160 Å². The summed E-state index contributed by atoms with van der Waals surface area (Å²) in [5, 5.41) is 6.48. The van der Waals surface area contributed by atoms with Crippen molar-refractivity contribution in [3.8, 4) is 10.7 Å². The standard InChI is InChI=1S/C21H17N3O2S/c1-13(25)14-7-5-8-16(10-14)22-20(26)17-12-27-21(23-17)19-11-15-6-3-4-9-18(15)24(19)2/h3-12H,1-2H3,(H,22,26). The maximum Gasteiger partial charge on any atom is 0.275 e. The zero-order valence-electron chi connectivity index (χ0n) is 14.9. The van der Waals surface area contributed by atoms with Crippen LogP contribution >= 0.6 is 11.3 Å². The minimum Gasteiger partial charge on any atom is -0.342 e. The molecule has 0 atom stereocenters. The summed E-state index contributed by atoms with van der Waals surface area (Å²) in [6.07, 6.45) is 0. The molecule has 1 amide bonds. The number of ketones is 1. The van der Waals surface area contributed by atoms with Crippen LogP contribution in [0.3, 0.4) is 0 Å². The van der Waals surface area contributed by atoms with E-state index in [9.17, 15) is 9.59 Å². The molecular formula is C21H17N3O2S. The quantitative estimate of drug-likeness (QED) is 0.523. The monoisotopic (exact) mass is 375 g/mol. The number of hydrogen-bond acceptors (Lipinski definition) is 4. The van der Waals surface area contributed by atoms with Crippen molar-refractivity contribution in [2.75, 3.05) is 5.32 Å². The lowest BCUT2D eigenvalue weighted by Crippen LogP contribution is -2.12. The SMILES string of the molecule is CC(=O)c1cccc(NC(=O)c2csc(-c3cc4ccccc4n3C)n2)c1. The van der Waals surface area contributed by atoms with Crippen LogP contribution < -0.4 is 5.32 Å². The first-order chi connectivity index (χ1) is 13.0. The average molecular weight is 375 g/mol. The second kappa shape index (κ2) is 6.81. The normalized spacial score (nSPS) is 10.9. The smallest absolute Gasteiger partial charge is 0.275 e. The Morgan fingerprint density at radius 2 is 1.89 bits per heavy atom. The van der Waals surface area contributed by atoms with Crippen molar-refractivity contribution < 1.29 is 9.59 Å². The van der Waals surface area contributed by atoms with E-state index < -0.39 is 0 Å². The van der Waals surface area contributed by atoms with Gasteiger partial charge in [-0.15, -0.1) is 11.3 Å². The summed E-state index contributed by atoms with van der Waals surface area (Å²) in [7, 11) is 1.99. The number of aryl methyl sites for hydroxylation is 1. The summed E-state index contributed by atoms with van der Waals surface area (Å²) in [6.45, 7) is 1.50.